The van der Waals surface area contributed by atoms with E-state index in [-0.39, 0.29) is 18.7 Å². The number of hydrogen-bond donors (Lipinski definition) is 2. The molecule has 5 rings (SSSR count). The third-order valence-corrected chi connectivity index (χ3v) is 6.05. The van der Waals surface area contributed by atoms with E-state index < -0.39 is 0 Å². The maximum atomic E-state index is 9.75. The predicted octanol–water partition coefficient (Wildman–Crippen LogP) is 3.41. The van der Waals surface area contributed by atoms with Crippen molar-refractivity contribution in [3.05, 3.63) is 47.2 Å². The minimum atomic E-state index is 0.0597. The topological polar surface area (TPSA) is 105 Å². The summed E-state index contributed by atoms with van der Waals surface area (Å²) in [6, 6.07) is 8.27. The molecule has 2 N–H and O–H groups in total. The zero-order valence-electron chi connectivity index (χ0n) is 17.8. The number of anilines is 3. The largest absolute Gasteiger partial charge is 0.403 e. The van der Waals surface area contributed by atoms with Crippen molar-refractivity contribution < 1.29 is 9.52 Å². The van der Waals surface area contributed by atoms with Gasteiger partial charge in [0.25, 0.3) is 5.95 Å². The summed E-state index contributed by atoms with van der Waals surface area (Å²) >= 11 is 0. The monoisotopic (exact) mass is 419 g/mol. The van der Waals surface area contributed by atoms with Gasteiger partial charge in [-0.25, -0.2) is 4.52 Å². The molecular formula is C22H25N7O2. The van der Waals surface area contributed by atoms with Crippen LogP contribution in [0.15, 0.2) is 34.9 Å². The molecule has 31 heavy (non-hydrogen) atoms. The fourth-order valence-corrected chi connectivity index (χ4v) is 4.13. The van der Waals surface area contributed by atoms with Crippen LogP contribution in [0.3, 0.4) is 0 Å². The van der Waals surface area contributed by atoms with Gasteiger partial charge in [-0.15, -0.1) is 10.2 Å². The van der Waals surface area contributed by atoms with Crippen LogP contribution in [0.1, 0.15) is 29.5 Å². The average molecular weight is 419 g/mol. The third-order valence-electron chi connectivity index (χ3n) is 6.05. The molecule has 0 bridgehead atoms. The molecule has 9 nitrogen and oxygen atoms in total. The van der Waals surface area contributed by atoms with Gasteiger partial charge in [-0.05, 0) is 74.6 Å². The number of aliphatic hydroxyl groups is 1. The van der Waals surface area contributed by atoms with Gasteiger partial charge in [-0.2, -0.15) is 4.98 Å². The molecule has 0 radical (unpaired) electrons. The van der Waals surface area contributed by atoms with Crippen molar-refractivity contribution in [3.63, 3.8) is 0 Å². The van der Waals surface area contributed by atoms with Crippen LogP contribution in [0.5, 0.6) is 0 Å². The lowest BCUT2D eigenvalue weighted by Crippen LogP contribution is -2.33. The molecule has 0 spiro atoms. The van der Waals surface area contributed by atoms with Crippen LogP contribution in [0, 0.1) is 20.8 Å². The lowest BCUT2D eigenvalue weighted by atomic mass is 10.0. The summed E-state index contributed by atoms with van der Waals surface area (Å²) in [5.41, 5.74) is 5.38. The summed E-state index contributed by atoms with van der Waals surface area (Å²) < 4.78 is 7.61. The Bertz CT molecular complexity index is 1220. The Labute approximate surface area is 179 Å². The Balaban J connectivity index is 1.47. The van der Waals surface area contributed by atoms with Gasteiger partial charge in [0.15, 0.2) is 5.82 Å². The highest BCUT2D eigenvalue weighted by molar-refractivity contribution is 5.71. The average Bonchev–Trinajstić information content (AvgIpc) is 3.51. The van der Waals surface area contributed by atoms with Crippen molar-refractivity contribution in [2.24, 2.45) is 0 Å². The molecule has 1 aliphatic rings. The molecule has 1 aromatic carbocycles. The van der Waals surface area contributed by atoms with E-state index >= 15 is 0 Å². The van der Waals surface area contributed by atoms with Gasteiger partial charge in [0.05, 0.1) is 12.6 Å². The van der Waals surface area contributed by atoms with Gasteiger partial charge in [0, 0.05) is 18.3 Å². The van der Waals surface area contributed by atoms with Crippen LogP contribution in [-0.4, -0.2) is 49.1 Å². The number of fused-ring (bicyclic) bond motifs is 1. The summed E-state index contributed by atoms with van der Waals surface area (Å²) in [5.74, 6) is 1.58. The number of hydrogen-bond acceptors (Lipinski definition) is 8. The Hall–Kier alpha value is -3.46. The van der Waals surface area contributed by atoms with Crippen LogP contribution in [0.4, 0.5) is 17.8 Å². The Morgan fingerprint density at radius 1 is 1.19 bits per heavy atom. The Kier molecular flexibility index (Phi) is 4.82. The maximum Gasteiger partial charge on any atom is 0.322 e. The number of aliphatic hydroxyl groups excluding tert-OH is 1. The number of nitrogens with zero attached hydrogens (tertiary/aromatic N) is 6. The van der Waals surface area contributed by atoms with Crippen molar-refractivity contribution in [1.29, 1.82) is 0 Å². The number of aromatic nitrogens is 5. The molecule has 1 saturated heterocycles. The maximum absolute atomic E-state index is 9.75. The zero-order valence-corrected chi connectivity index (χ0v) is 17.8. The predicted molar refractivity (Wildman–Crippen MR) is 118 cm³/mol. The van der Waals surface area contributed by atoms with Gasteiger partial charge in [-0.3, -0.25) is 5.32 Å². The molecular weight excluding hydrogens is 394 g/mol. The summed E-state index contributed by atoms with van der Waals surface area (Å²) in [4.78, 5) is 6.85. The highest BCUT2D eigenvalue weighted by Crippen LogP contribution is 2.30. The highest BCUT2D eigenvalue weighted by Gasteiger charge is 2.27. The van der Waals surface area contributed by atoms with Crippen LogP contribution in [0.25, 0.3) is 17.0 Å². The lowest BCUT2D eigenvalue weighted by Gasteiger charge is -2.25. The van der Waals surface area contributed by atoms with E-state index in [1.165, 1.54) is 16.7 Å². The number of nitrogens with one attached hydrogen (secondary N) is 1. The molecule has 4 heterocycles. The first-order valence-electron chi connectivity index (χ1n) is 10.4. The van der Waals surface area contributed by atoms with Gasteiger partial charge in [0.2, 0.25) is 5.89 Å². The van der Waals surface area contributed by atoms with Crippen LogP contribution < -0.4 is 10.2 Å². The highest BCUT2D eigenvalue weighted by atomic mass is 16.4. The quantitative estimate of drug-likeness (QED) is 0.507. The number of aryl methyl sites for hydroxylation is 2. The molecule has 0 aliphatic carbocycles. The second-order valence-electron chi connectivity index (χ2n) is 8.04. The van der Waals surface area contributed by atoms with Crippen molar-refractivity contribution in [2.45, 2.75) is 39.7 Å². The molecule has 0 saturated carbocycles. The summed E-state index contributed by atoms with van der Waals surface area (Å²) in [6.07, 6.45) is 3.83. The van der Waals surface area contributed by atoms with Crippen molar-refractivity contribution in [3.8, 4) is 11.5 Å². The van der Waals surface area contributed by atoms with E-state index in [0.29, 0.717) is 11.8 Å². The summed E-state index contributed by atoms with van der Waals surface area (Å²) in [6.45, 7) is 7.19. The molecule has 9 heteroatoms. The Morgan fingerprint density at radius 2 is 2.00 bits per heavy atom. The second kappa shape index (κ2) is 7.66. The van der Waals surface area contributed by atoms with Crippen molar-refractivity contribution in [2.75, 3.05) is 23.4 Å². The first-order valence-corrected chi connectivity index (χ1v) is 10.4. The smallest absolute Gasteiger partial charge is 0.322 e. The second-order valence-corrected chi connectivity index (χ2v) is 8.04. The SMILES string of the molecule is Cc1cc(-c2nnc(Nc3nc(N4CCC[C@H]4CO)c4cccn4n3)o2)cc(C)c1C. The van der Waals surface area contributed by atoms with E-state index in [1.54, 1.807) is 4.52 Å². The number of rotatable bonds is 5. The van der Waals surface area contributed by atoms with E-state index in [2.05, 4.69) is 46.3 Å². The Morgan fingerprint density at radius 3 is 2.77 bits per heavy atom. The number of benzene rings is 1. The van der Waals surface area contributed by atoms with Crippen LogP contribution in [0.2, 0.25) is 0 Å². The summed E-state index contributed by atoms with van der Waals surface area (Å²) in [5, 5.41) is 25.6. The molecule has 0 unspecified atom stereocenters. The molecule has 1 fully saturated rings. The first kappa shape index (κ1) is 19.5. The molecule has 4 aromatic rings. The fourth-order valence-electron chi connectivity index (χ4n) is 4.13. The van der Waals surface area contributed by atoms with E-state index in [9.17, 15) is 5.11 Å². The van der Waals surface area contributed by atoms with Gasteiger partial charge in [-0.1, -0.05) is 5.10 Å². The standard InChI is InChI=1S/C22H25N7O2/c1-13-10-16(11-14(2)15(13)3)20-25-26-22(31-20)24-21-23-19(18-7-5-9-29(18)27-21)28-8-4-6-17(28)12-30/h5,7,9-11,17,30H,4,6,8,12H2,1-3H3,(H,24,26,27)/t17-/m0/s1. The lowest BCUT2D eigenvalue weighted by molar-refractivity contribution is 0.266. The van der Waals surface area contributed by atoms with E-state index in [4.69, 9.17) is 9.40 Å². The van der Waals surface area contributed by atoms with Crippen molar-refractivity contribution >= 4 is 23.3 Å². The normalized spacial score (nSPS) is 16.4. The molecule has 3 aromatic heterocycles. The molecule has 1 atom stereocenters. The minimum absolute atomic E-state index is 0.0597. The molecule has 160 valence electrons. The fraction of sp³-hybridized carbons (Fsp3) is 0.364. The molecule has 1 aliphatic heterocycles. The van der Waals surface area contributed by atoms with Gasteiger partial charge >= 0.3 is 6.01 Å². The van der Waals surface area contributed by atoms with Gasteiger partial charge in [0.1, 0.15) is 5.52 Å². The molecule has 0 amide bonds. The first-order chi connectivity index (χ1) is 15.0. The van der Waals surface area contributed by atoms with Crippen molar-refractivity contribution in [1.82, 2.24) is 24.8 Å². The van der Waals surface area contributed by atoms with E-state index in [1.807, 2.05) is 30.5 Å². The van der Waals surface area contributed by atoms with Crippen LogP contribution >= 0.6 is 0 Å². The zero-order chi connectivity index (χ0) is 21.5. The van der Waals surface area contributed by atoms with Gasteiger partial charge < -0.3 is 14.4 Å². The minimum Gasteiger partial charge on any atom is -0.403 e. The van der Waals surface area contributed by atoms with Crippen LogP contribution in [-0.2, 0) is 0 Å². The van der Waals surface area contributed by atoms with E-state index in [0.717, 1.165) is 36.3 Å². The third kappa shape index (κ3) is 3.50. The summed E-state index contributed by atoms with van der Waals surface area (Å²) in [7, 11) is 0.